The summed E-state index contributed by atoms with van der Waals surface area (Å²) in [6.07, 6.45) is 0. The molecule has 0 saturated heterocycles. The van der Waals surface area contributed by atoms with Crippen molar-refractivity contribution in [1.82, 2.24) is 5.32 Å². The van der Waals surface area contributed by atoms with Crippen molar-refractivity contribution in [1.29, 1.82) is 0 Å². The second-order valence-corrected chi connectivity index (χ2v) is 4.58. The predicted molar refractivity (Wildman–Crippen MR) is 60.6 cm³/mol. The summed E-state index contributed by atoms with van der Waals surface area (Å²) in [5.41, 5.74) is 2.46. The lowest BCUT2D eigenvalue weighted by molar-refractivity contribution is -0.124. The molecule has 2 heteroatoms. The molecule has 2 atom stereocenters. The summed E-state index contributed by atoms with van der Waals surface area (Å²) in [7, 11) is 0. The van der Waals surface area contributed by atoms with Crippen molar-refractivity contribution in [3.63, 3.8) is 0 Å². The average molecular weight is 203 g/mol. The van der Waals surface area contributed by atoms with Crippen LogP contribution in [0.25, 0.3) is 0 Å². The van der Waals surface area contributed by atoms with Gasteiger partial charge >= 0.3 is 0 Å². The summed E-state index contributed by atoms with van der Waals surface area (Å²) in [4.78, 5) is 11.8. The quantitative estimate of drug-likeness (QED) is 0.747. The molecule has 0 aliphatic carbocycles. The third-order valence-electron chi connectivity index (χ3n) is 3.16. The molecule has 1 amide bonds. The molecule has 0 saturated carbocycles. The van der Waals surface area contributed by atoms with Crippen LogP contribution in [0, 0.1) is 5.92 Å². The summed E-state index contributed by atoms with van der Waals surface area (Å²) in [5, 5.41) is 3.08. The number of carbonyl (C=O) groups is 1. The molecular formula is C13H17NO. The van der Waals surface area contributed by atoms with E-state index in [0.717, 1.165) is 0 Å². The molecule has 2 nitrogen and oxygen atoms in total. The maximum Gasteiger partial charge on any atom is 0.227 e. The van der Waals surface area contributed by atoms with E-state index in [9.17, 15) is 4.79 Å². The van der Waals surface area contributed by atoms with Crippen LogP contribution in [-0.4, -0.2) is 5.91 Å². The fourth-order valence-electron chi connectivity index (χ4n) is 2.21. The minimum atomic E-state index is -0.0174. The molecule has 80 valence electrons. The van der Waals surface area contributed by atoms with Gasteiger partial charge in [-0.05, 0) is 24.0 Å². The van der Waals surface area contributed by atoms with Gasteiger partial charge in [0, 0.05) is 0 Å². The molecule has 1 heterocycles. The molecule has 2 rings (SSSR count). The number of hydrogen-bond acceptors (Lipinski definition) is 1. The number of amides is 1. The zero-order valence-electron chi connectivity index (χ0n) is 9.45. The Bertz CT molecular complexity index is 384. The van der Waals surface area contributed by atoms with Crippen LogP contribution in [-0.2, 0) is 4.79 Å². The average Bonchev–Trinajstić information content (AvgIpc) is 2.23. The number of benzene rings is 1. The van der Waals surface area contributed by atoms with E-state index in [-0.39, 0.29) is 17.9 Å². The third-order valence-corrected chi connectivity index (χ3v) is 3.16. The van der Waals surface area contributed by atoms with Crippen molar-refractivity contribution in [2.45, 2.75) is 32.7 Å². The van der Waals surface area contributed by atoms with Gasteiger partial charge in [0.05, 0.1) is 12.0 Å². The fraction of sp³-hybridized carbons (Fsp3) is 0.462. The molecule has 1 aliphatic rings. The first-order chi connectivity index (χ1) is 7.11. The Morgan fingerprint density at radius 3 is 2.40 bits per heavy atom. The van der Waals surface area contributed by atoms with Gasteiger partial charge in [-0.2, -0.15) is 0 Å². The summed E-state index contributed by atoms with van der Waals surface area (Å²) in [6.45, 7) is 6.24. The highest BCUT2D eigenvalue weighted by Crippen LogP contribution is 2.33. The molecule has 0 bridgehead atoms. The normalized spacial score (nSPS) is 24.9. The summed E-state index contributed by atoms with van der Waals surface area (Å²) >= 11 is 0. The lowest BCUT2D eigenvalue weighted by Gasteiger charge is -2.32. The number of fused-ring (bicyclic) bond motifs is 1. The van der Waals surface area contributed by atoms with Gasteiger partial charge in [0.2, 0.25) is 5.91 Å². The molecule has 1 aromatic rings. The van der Waals surface area contributed by atoms with Crippen molar-refractivity contribution in [2.75, 3.05) is 0 Å². The number of rotatable bonds is 1. The van der Waals surface area contributed by atoms with Crippen LogP contribution in [0.1, 0.15) is 43.9 Å². The molecule has 0 spiro atoms. The lowest BCUT2D eigenvalue weighted by atomic mass is 9.83. The molecule has 0 aromatic heterocycles. The van der Waals surface area contributed by atoms with Gasteiger partial charge in [-0.1, -0.05) is 38.1 Å². The monoisotopic (exact) mass is 203 g/mol. The minimum Gasteiger partial charge on any atom is -0.349 e. The van der Waals surface area contributed by atoms with Gasteiger partial charge < -0.3 is 5.32 Å². The van der Waals surface area contributed by atoms with E-state index in [1.165, 1.54) is 11.1 Å². The lowest BCUT2D eigenvalue weighted by Crippen LogP contribution is -2.39. The Kier molecular flexibility index (Phi) is 2.51. The molecule has 0 fully saturated rings. The molecule has 1 aromatic carbocycles. The standard InChI is InChI=1S/C13H17NO/c1-8(2)12-11-7-5-4-6-10(11)9(3)13(15)14-12/h4-9,12H,1-3H3,(H,14,15). The van der Waals surface area contributed by atoms with Gasteiger partial charge in [-0.15, -0.1) is 0 Å². The van der Waals surface area contributed by atoms with E-state index in [1.807, 2.05) is 19.1 Å². The highest BCUT2D eigenvalue weighted by atomic mass is 16.2. The van der Waals surface area contributed by atoms with Crippen LogP contribution in [0.3, 0.4) is 0 Å². The zero-order valence-corrected chi connectivity index (χ0v) is 9.45. The molecular weight excluding hydrogens is 186 g/mol. The van der Waals surface area contributed by atoms with E-state index in [2.05, 4.69) is 31.3 Å². The van der Waals surface area contributed by atoms with E-state index in [1.54, 1.807) is 0 Å². The van der Waals surface area contributed by atoms with Gasteiger partial charge in [0.15, 0.2) is 0 Å². The first-order valence-electron chi connectivity index (χ1n) is 5.50. The Balaban J connectivity index is 2.50. The van der Waals surface area contributed by atoms with Crippen molar-refractivity contribution in [3.05, 3.63) is 35.4 Å². The fourth-order valence-corrected chi connectivity index (χ4v) is 2.21. The second kappa shape index (κ2) is 3.69. The highest BCUT2D eigenvalue weighted by molar-refractivity contribution is 5.86. The van der Waals surface area contributed by atoms with Crippen LogP contribution in [0.5, 0.6) is 0 Å². The largest absolute Gasteiger partial charge is 0.349 e. The number of hydrogen-bond donors (Lipinski definition) is 1. The van der Waals surface area contributed by atoms with E-state index < -0.39 is 0 Å². The Morgan fingerprint density at radius 2 is 1.80 bits per heavy atom. The van der Waals surface area contributed by atoms with Crippen molar-refractivity contribution < 1.29 is 4.79 Å². The topological polar surface area (TPSA) is 29.1 Å². The van der Waals surface area contributed by atoms with Crippen molar-refractivity contribution >= 4 is 5.91 Å². The first-order valence-corrected chi connectivity index (χ1v) is 5.50. The van der Waals surface area contributed by atoms with Gasteiger partial charge in [0.25, 0.3) is 0 Å². The highest BCUT2D eigenvalue weighted by Gasteiger charge is 2.31. The molecule has 1 N–H and O–H groups in total. The Labute approximate surface area is 90.7 Å². The van der Waals surface area contributed by atoms with Gasteiger partial charge in [0.1, 0.15) is 0 Å². The summed E-state index contributed by atoms with van der Waals surface area (Å²) in [6, 6.07) is 8.40. The Morgan fingerprint density at radius 1 is 1.20 bits per heavy atom. The predicted octanol–water partition coefficient (Wildman–Crippen LogP) is 2.62. The molecule has 2 unspecified atom stereocenters. The molecule has 0 radical (unpaired) electrons. The van der Waals surface area contributed by atoms with Gasteiger partial charge in [-0.25, -0.2) is 0 Å². The van der Waals surface area contributed by atoms with Gasteiger partial charge in [-0.3, -0.25) is 4.79 Å². The smallest absolute Gasteiger partial charge is 0.227 e. The van der Waals surface area contributed by atoms with Crippen molar-refractivity contribution in [2.24, 2.45) is 5.92 Å². The molecule has 1 aliphatic heterocycles. The van der Waals surface area contributed by atoms with Crippen LogP contribution in [0.15, 0.2) is 24.3 Å². The van der Waals surface area contributed by atoms with Crippen LogP contribution in [0.2, 0.25) is 0 Å². The number of carbonyl (C=O) groups excluding carboxylic acids is 1. The van der Waals surface area contributed by atoms with Crippen LogP contribution < -0.4 is 5.32 Å². The molecule has 15 heavy (non-hydrogen) atoms. The maximum absolute atomic E-state index is 11.8. The van der Waals surface area contributed by atoms with Crippen molar-refractivity contribution in [3.8, 4) is 0 Å². The third kappa shape index (κ3) is 1.65. The van der Waals surface area contributed by atoms with E-state index in [0.29, 0.717) is 5.92 Å². The van der Waals surface area contributed by atoms with E-state index in [4.69, 9.17) is 0 Å². The van der Waals surface area contributed by atoms with Crippen LogP contribution in [0.4, 0.5) is 0 Å². The Hall–Kier alpha value is -1.31. The van der Waals surface area contributed by atoms with E-state index >= 15 is 0 Å². The zero-order chi connectivity index (χ0) is 11.0. The summed E-state index contributed by atoms with van der Waals surface area (Å²) in [5.74, 6) is 0.561. The SMILES string of the molecule is CC1C(=O)NC(C(C)C)c2ccccc21. The maximum atomic E-state index is 11.8. The number of nitrogens with one attached hydrogen (secondary N) is 1. The summed E-state index contributed by atoms with van der Waals surface area (Å²) < 4.78 is 0. The van der Waals surface area contributed by atoms with Crippen LogP contribution >= 0.6 is 0 Å². The first kappa shape index (κ1) is 10.2. The minimum absolute atomic E-state index is 0.0174. The second-order valence-electron chi connectivity index (χ2n) is 4.58.